The number of pyridine rings is 1. The molecule has 0 fully saturated rings. The fraction of sp³-hybridized carbons (Fsp3) is 0.0526. The molecule has 24 heavy (non-hydrogen) atoms. The number of halogens is 1. The molecule has 0 aliphatic rings. The normalized spacial score (nSPS) is 10.2. The molecule has 0 radical (unpaired) electrons. The topological polar surface area (TPSA) is 51.2 Å². The van der Waals surface area contributed by atoms with Gasteiger partial charge >= 0.3 is 0 Å². The van der Waals surface area contributed by atoms with Gasteiger partial charge in [0, 0.05) is 22.5 Å². The molecule has 3 rings (SSSR count). The predicted molar refractivity (Wildman–Crippen MR) is 95.6 cm³/mol. The molecule has 0 unspecified atom stereocenters. The van der Waals surface area contributed by atoms with E-state index in [1.165, 1.54) is 0 Å². The summed E-state index contributed by atoms with van der Waals surface area (Å²) in [4.78, 5) is 16.6. The van der Waals surface area contributed by atoms with Crippen LogP contribution in [0.25, 0.3) is 11.3 Å². The SMILES string of the molecule is COc1ccccc1-c1ccc(C(=O)Nc2ccc(Cl)cc2)cn1. The van der Waals surface area contributed by atoms with Crippen LogP contribution < -0.4 is 10.1 Å². The van der Waals surface area contributed by atoms with Gasteiger partial charge in [0.1, 0.15) is 5.75 Å². The minimum atomic E-state index is -0.226. The Morgan fingerprint density at radius 3 is 2.46 bits per heavy atom. The molecule has 0 aliphatic heterocycles. The Balaban J connectivity index is 1.79. The van der Waals surface area contributed by atoms with Gasteiger partial charge in [-0.3, -0.25) is 9.78 Å². The van der Waals surface area contributed by atoms with Crippen LogP contribution in [0.2, 0.25) is 5.02 Å². The molecule has 1 N–H and O–H groups in total. The smallest absolute Gasteiger partial charge is 0.257 e. The van der Waals surface area contributed by atoms with Crippen molar-refractivity contribution in [1.82, 2.24) is 4.98 Å². The van der Waals surface area contributed by atoms with Gasteiger partial charge in [0.05, 0.1) is 18.4 Å². The lowest BCUT2D eigenvalue weighted by Gasteiger charge is -2.09. The number of methoxy groups -OCH3 is 1. The lowest BCUT2D eigenvalue weighted by atomic mass is 10.1. The molecule has 0 atom stereocenters. The number of nitrogens with zero attached hydrogens (tertiary/aromatic N) is 1. The minimum absolute atomic E-state index is 0.226. The maximum atomic E-state index is 12.3. The summed E-state index contributed by atoms with van der Waals surface area (Å²) in [6.07, 6.45) is 1.55. The van der Waals surface area contributed by atoms with Gasteiger partial charge in [0.25, 0.3) is 5.91 Å². The number of carbonyl (C=O) groups excluding carboxylic acids is 1. The lowest BCUT2D eigenvalue weighted by Crippen LogP contribution is -2.12. The Hall–Kier alpha value is -2.85. The van der Waals surface area contributed by atoms with E-state index in [-0.39, 0.29) is 5.91 Å². The number of para-hydroxylation sites is 1. The number of hydrogen-bond acceptors (Lipinski definition) is 3. The average molecular weight is 339 g/mol. The number of hydrogen-bond donors (Lipinski definition) is 1. The monoisotopic (exact) mass is 338 g/mol. The van der Waals surface area contributed by atoms with Crippen molar-refractivity contribution in [2.45, 2.75) is 0 Å². The van der Waals surface area contributed by atoms with Crippen molar-refractivity contribution in [3.8, 4) is 17.0 Å². The van der Waals surface area contributed by atoms with E-state index < -0.39 is 0 Å². The average Bonchev–Trinajstić information content (AvgIpc) is 2.63. The van der Waals surface area contributed by atoms with Crippen LogP contribution in [0.3, 0.4) is 0 Å². The first-order valence-corrected chi connectivity index (χ1v) is 7.71. The van der Waals surface area contributed by atoms with Crippen molar-refractivity contribution in [3.63, 3.8) is 0 Å². The van der Waals surface area contributed by atoms with Crippen LogP contribution in [0.4, 0.5) is 5.69 Å². The molecule has 1 aromatic heterocycles. The van der Waals surface area contributed by atoms with E-state index in [2.05, 4.69) is 10.3 Å². The van der Waals surface area contributed by atoms with E-state index >= 15 is 0 Å². The molecule has 0 spiro atoms. The molecule has 0 saturated heterocycles. The number of anilines is 1. The molecule has 1 heterocycles. The number of benzene rings is 2. The highest BCUT2D eigenvalue weighted by atomic mass is 35.5. The molecule has 0 saturated carbocycles. The van der Waals surface area contributed by atoms with Crippen LogP contribution in [0.1, 0.15) is 10.4 Å². The Labute approximate surface area is 145 Å². The van der Waals surface area contributed by atoms with Crippen molar-refractivity contribution in [1.29, 1.82) is 0 Å². The third-order valence-corrected chi connectivity index (χ3v) is 3.76. The summed E-state index contributed by atoms with van der Waals surface area (Å²) in [6, 6.07) is 18.1. The first kappa shape index (κ1) is 16.0. The van der Waals surface area contributed by atoms with Crippen LogP contribution in [0.5, 0.6) is 5.75 Å². The zero-order valence-corrected chi connectivity index (χ0v) is 13.7. The predicted octanol–water partition coefficient (Wildman–Crippen LogP) is 4.66. The summed E-state index contributed by atoms with van der Waals surface area (Å²) in [6.45, 7) is 0. The Morgan fingerprint density at radius 2 is 1.79 bits per heavy atom. The van der Waals surface area contributed by atoms with Crippen molar-refractivity contribution >= 4 is 23.2 Å². The van der Waals surface area contributed by atoms with Gasteiger partial charge in [-0.2, -0.15) is 0 Å². The minimum Gasteiger partial charge on any atom is -0.496 e. The van der Waals surface area contributed by atoms with Crippen molar-refractivity contribution < 1.29 is 9.53 Å². The molecule has 2 aromatic carbocycles. The molecule has 120 valence electrons. The number of rotatable bonds is 4. The van der Waals surface area contributed by atoms with Gasteiger partial charge in [0.2, 0.25) is 0 Å². The second kappa shape index (κ2) is 7.15. The highest BCUT2D eigenvalue weighted by Crippen LogP contribution is 2.27. The van der Waals surface area contributed by atoms with Crippen molar-refractivity contribution in [2.24, 2.45) is 0 Å². The van der Waals surface area contributed by atoms with E-state index in [0.717, 1.165) is 17.0 Å². The molecule has 4 nitrogen and oxygen atoms in total. The molecule has 1 amide bonds. The quantitative estimate of drug-likeness (QED) is 0.752. The highest BCUT2D eigenvalue weighted by Gasteiger charge is 2.10. The Kier molecular flexibility index (Phi) is 4.77. The van der Waals surface area contributed by atoms with Gasteiger partial charge in [-0.15, -0.1) is 0 Å². The Bertz CT molecular complexity index is 846. The second-order valence-corrected chi connectivity index (χ2v) is 5.53. The third-order valence-electron chi connectivity index (χ3n) is 3.51. The first-order valence-electron chi connectivity index (χ1n) is 7.34. The number of ether oxygens (including phenoxy) is 1. The fourth-order valence-electron chi connectivity index (χ4n) is 2.28. The zero-order chi connectivity index (χ0) is 16.9. The van der Waals surface area contributed by atoms with E-state index in [9.17, 15) is 4.79 Å². The first-order chi connectivity index (χ1) is 11.7. The van der Waals surface area contributed by atoms with Gasteiger partial charge in [0.15, 0.2) is 0 Å². The molecule has 3 aromatic rings. The molecular weight excluding hydrogens is 324 g/mol. The number of aromatic nitrogens is 1. The van der Waals surface area contributed by atoms with Gasteiger partial charge < -0.3 is 10.1 Å². The molecule has 0 bridgehead atoms. The summed E-state index contributed by atoms with van der Waals surface area (Å²) in [7, 11) is 1.62. The second-order valence-electron chi connectivity index (χ2n) is 5.09. The molecule has 0 aliphatic carbocycles. The summed E-state index contributed by atoms with van der Waals surface area (Å²) >= 11 is 5.83. The van der Waals surface area contributed by atoms with E-state index in [0.29, 0.717) is 16.3 Å². The number of nitrogens with one attached hydrogen (secondary N) is 1. The number of amides is 1. The van der Waals surface area contributed by atoms with Crippen LogP contribution >= 0.6 is 11.6 Å². The Morgan fingerprint density at radius 1 is 1.04 bits per heavy atom. The third kappa shape index (κ3) is 3.55. The zero-order valence-electron chi connectivity index (χ0n) is 13.0. The van der Waals surface area contributed by atoms with Crippen LogP contribution in [-0.4, -0.2) is 18.0 Å². The number of carbonyl (C=O) groups is 1. The highest BCUT2D eigenvalue weighted by molar-refractivity contribution is 6.30. The van der Waals surface area contributed by atoms with Gasteiger partial charge in [-0.1, -0.05) is 23.7 Å². The van der Waals surface area contributed by atoms with E-state index in [1.807, 2.05) is 24.3 Å². The van der Waals surface area contributed by atoms with Crippen molar-refractivity contribution in [2.75, 3.05) is 12.4 Å². The maximum absolute atomic E-state index is 12.3. The maximum Gasteiger partial charge on any atom is 0.257 e. The fourth-order valence-corrected chi connectivity index (χ4v) is 2.41. The largest absolute Gasteiger partial charge is 0.496 e. The summed E-state index contributed by atoms with van der Waals surface area (Å²) in [5, 5.41) is 3.43. The van der Waals surface area contributed by atoms with Crippen LogP contribution in [0.15, 0.2) is 66.9 Å². The van der Waals surface area contributed by atoms with E-state index in [1.54, 1.807) is 49.7 Å². The lowest BCUT2D eigenvalue weighted by molar-refractivity contribution is 0.102. The summed E-state index contributed by atoms with van der Waals surface area (Å²) in [5.41, 5.74) is 2.78. The van der Waals surface area contributed by atoms with E-state index in [4.69, 9.17) is 16.3 Å². The van der Waals surface area contributed by atoms with Crippen molar-refractivity contribution in [3.05, 3.63) is 77.4 Å². The van der Waals surface area contributed by atoms with Crippen LogP contribution in [-0.2, 0) is 0 Å². The summed E-state index contributed by atoms with van der Waals surface area (Å²) < 4.78 is 5.34. The van der Waals surface area contributed by atoms with Gasteiger partial charge in [-0.05, 0) is 48.5 Å². The molecule has 5 heteroatoms. The standard InChI is InChI=1S/C19H15ClN2O2/c1-24-18-5-3-2-4-16(18)17-11-6-13(12-21-17)19(23)22-15-9-7-14(20)8-10-15/h2-12H,1H3,(H,22,23). The molecular formula is C19H15ClN2O2. The summed E-state index contributed by atoms with van der Waals surface area (Å²) in [5.74, 6) is 0.514. The van der Waals surface area contributed by atoms with Crippen LogP contribution in [0, 0.1) is 0 Å². The van der Waals surface area contributed by atoms with Gasteiger partial charge in [-0.25, -0.2) is 0 Å².